The van der Waals surface area contributed by atoms with Crippen LogP contribution < -0.4 is 14.5 Å². The fourth-order valence-corrected chi connectivity index (χ4v) is 3.65. The summed E-state index contributed by atoms with van der Waals surface area (Å²) in [6, 6.07) is 14.0. The number of piperazine rings is 1. The van der Waals surface area contributed by atoms with Gasteiger partial charge >= 0.3 is 0 Å². The summed E-state index contributed by atoms with van der Waals surface area (Å²) in [5.74, 6) is 0.850. The van der Waals surface area contributed by atoms with Gasteiger partial charge in [0.15, 0.2) is 0 Å². The lowest BCUT2D eigenvalue weighted by Crippen LogP contribution is -3.16. The van der Waals surface area contributed by atoms with Gasteiger partial charge in [-0.3, -0.25) is 0 Å². The van der Waals surface area contributed by atoms with Crippen LogP contribution in [-0.2, 0) is 0 Å². The van der Waals surface area contributed by atoms with E-state index in [1.807, 2.05) is 43.3 Å². The summed E-state index contributed by atoms with van der Waals surface area (Å²) in [6.07, 6.45) is -0.455. The van der Waals surface area contributed by atoms with E-state index in [4.69, 9.17) is 16.3 Å². The van der Waals surface area contributed by atoms with Crippen LogP contribution in [0.2, 0.25) is 5.02 Å². The Balaban J connectivity index is 1.46. The molecule has 0 amide bonds. The second kappa shape index (κ2) is 8.76. The van der Waals surface area contributed by atoms with Crippen LogP contribution in [0, 0.1) is 13.8 Å². The van der Waals surface area contributed by atoms with Gasteiger partial charge in [0.25, 0.3) is 0 Å². The third kappa shape index (κ3) is 4.91. The van der Waals surface area contributed by atoms with Gasteiger partial charge in [0.05, 0.1) is 26.2 Å². The third-order valence-corrected chi connectivity index (χ3v) is 5.27. The highest BCUT2D eigenvalue weighted by Crippen LogP contribution is 2.24. The van der Waals surface area contributed by atoms with Crippen molar-refractivity contribution in [2.45, 2.75) is 20.0 Å². The number of para-hydroxylation sites is 1. The normalized spacial score (nSPS) is 16.5. The Morgan fingerprint density at radius 3 is 2.58 bits per heavy atom. The van der Waals surface area contributed by atoms with Gasteiger partial charge in [-0.15, -0.1) is 0 Å². The van der Waals surface area contributed by atoms with Crippen molar-refractivity contribution in [1.82, 2.24) is 0 Å². The minimum atomic E-state index is -0.455. The van der Waals surface area contributed by atoms with E-state index < -0.39 is 6.10 Å². The van der Waals surface area contributed by atoms with E-state index in [1.54, 1.807) is 0 Å². The van der Waals surface area contributed by atoms with Crippen molar-refractivity contribution < 1.29 is 14.7 Å². The van der Waals surface area contributed by atoms with Crippen LogP contribution in [0.4, 0.5) is 5.69 Å². The fraction of sp³-hybridized carbons (Fsp3) is 0.429. The molecule has 0 radical (unpaired) electrons. The summed E-state index contributed by atoms with van der Waals surface area (Å²) >= 11 is 6.15. The lowest BCUT2D eigenvalue weighted by atomic mass is 10.1. The van der Waals surface area contributed by atoms with Crippen LogP contribution in [-0.4, -0.2) is 50.5 Å². The molecule has 0 unspecified atom stereocenters. The first kappa shape index (κ1) is 19.0. The lowest BCUT2D eigenvalue weighted by Gasteiger charge is -2.35. The number of benzene rings is 2. The molecule has 1 saturated heterocycles. The van der Waals surface area contributed by atoms with Crippen molar-refractivity contribution in [2.75, 3.05) is 44.2 Å². The Hall–Kier alpha value is -1.75. The highest BCUT2D eigenvalue weighted by Gasteiger charge is 2.23. The zero-order valence-corrected chi connectivity index (χ0v) is 16.3. The van der Waals surface area contributed by atoms with Gasteiger partial charge in [0.1, 0.15) is 25.0 Å². The second-order valence-corrected chi connectivity index (χ2v) is 7.54. The Kier molecular flexibility index (Phi) is 6.41. The number of quaternary nitrogens is 1. The molecule has 0 bridgehead atoms. The molecule has 2 aromatic rings. The number of aliphatic hydroxyl groups excluding tert-OH is 1. The summed E-state index contributed by atoms with van der Waals surface area (Å²) in [5.41, 5.74) is 3.57. The van der Waals surface area contributed by atoms with Gasteiger partial charge in [-0.1, -0.05) is 35.9 Å². The molecule has 0 aliphatic carbocycles. The number of aryl methyl sites for hydroxylation is 2. The molecular weight excluding hydrogens is 348 g/mol. The van der Waals surface area contributed by atoms with Crippen LogP contribution >= 0.6 is 11.6 Å². The van der Waals surface area contributed by atoms with Gasteiger partial charge in [-0.25, -0.2) is 0 Å². The Morgan fingerprint density at radius 1 is 1.12 bits per heavy atom. The van der Waals surface area contributed by atoms with E-state index in [2.05, 4.69) is 17.9 Å². The first-order chi connectivity index (χ1) is 12.5. The zero-order valence-electron chi connectivity index (χ0n) is 15.5. The van der Waals surface area contributed by atoms with Crippen LogP contribution in [0.1, 0.15) is 11.1 Å². The second-order valence-electron chi connectivity index (χ2n) is 7.10. The zero-order chi connectivity index (χ0) is 18.5. The van der Waals surface area contributed by atoms with Gasteiger partial charge in [-0.05, 0) is 43.2 Å². The number of halogens is 1. The van der Waals surface area contributed by atoms with Crippen LogP contribution in [0.25, 0.3) is 0 Å². The standard InChI is InChI=1S/C21H27ClN2O2/c1-16-7-8-18(22)13-20(16)24-11-9-23(10-12-24)14-19(25)15-26-21-6-4-3-5-17(21)2/h3-8,13,19,25H,9-12,14-15H2,1-2H3/p+1/t19-/m0/s1. The third-order valence-electron chi connectivity index (χ3n) is 5.03. The average molecular weight is 376 g/mol. The number of ether oxygens (including phenoxy) is 1. The molecule has 0 spiro atoms. The van der Waals surface area contributed by atoms with Gasteiger partial charge in [0, 0.05) is 10.7 Å². The summed E-state index contributed by atoms with van der Waals surface area (Å²) in [6.45, 7) is 9.16. The monoisotopic (exact) mass is 375 g/mol. The quantitative estimate of drug-likeness (QED) is 0.812. The van der Waals surface area contributed by atoms with Crippen LogP contribution in [0.5, 0.6) is 5.75 Å². The molecule has 2 N–H and O–H groups in total. The molecule has 0 saturated carbocycles. The van der Waals surface area contributed by atoms with Crippen molar-refractivity contribution >= 4 is 17.3 Å². The molecule has 3 rings (SSSR count). The summed E-state index contributed by atoms with van der Waals surface area (Å²) in [5, 5.41) is 11.1. The number of rotatable bonds is 6. The largest absolute Gasteiger partial charge is 0.490 e. The topological polar surface area (TPSA) is 37.1 Å². The molecule has 5 heteroatoms. The number of anilines is 1. The predicted octanol–water partition coefficient (Wildman–Crippen LogP) is 2.10. The first-order valence-electron chi connectivity index (χ1n) is 9.24. The highest BCUT2D eigenvalue weighted by molar-refractivity contribution is 6.30. The molecular formula is C21H28ClN2O2+. The molecule has 4 nitrogen and oxygen atoms in total. The van der Waals surface area contributed by atoms with E-state index in [1.165, 1.54) is 16.2 Å². The van der Waals surface area contributed by atoms with Gasteiger partial charge in [-0.2, -0.15) is 0 Å². The smallest absolute Gasteiger partial charge is 0.137 e. The molecule has 1 heterocycles. The van der Waals surface area contributed by atoms with E-state index in [9.17, 15) is 5.11 Å². The minimum Gasteiger partial charge on any atom is -0.490 e. The van der Waals surface area contributed by atoms with Crippen LogP contribution in [0.3, 0.4) is 0 Å². The average Bonchev–Trinajstić information content (AvgIpc) is 2.64. The number of aliphatic hydroxyl groups is 1. The van der Waals surface area contributed by atoms with Crippen molar-refractivity contribution in [3.63, 3.8) is 0 Å². The number of hydrogen-bond donors (Lipinski definition) is 2. The first-order valence-corrected chi connectivity index (χ1v) is 9.62. The number of hydrogen-bond acceptors (Lipinski definition) is 3. The number of nitrogens with one attached hydrogen (secondary N) is 1. The van der Waals surface area contributed by atoms with Gasteiger partial charge < -0.3 is 19.6 Å². The molecule has 0 aromatic heterocycles. The molecule has 26 heavy (non-hydrogen) atoms. The molecule has 1 aliphatic heterocycles. The van der Waals surface area contributed by atoms with Crippen molar-refractivity contribution in [1.29, 1.82) is 0 Å². The maximum absolute atomic E-state index is 10.3. The van der Waals surface area contributed by atoms with Gasteiger partial charge in [0.2, 0.25) is 0 Å². The Morgan fingerprint density at radius 2 is 1.85 bits per heavy atom. The minimum absolute atomic E-state index is 0.339. The fourth-order valence-electron chi connectivity index (χ4n) is 3.49. The molecule has 1 aliphatic rings. The summed E-state index contributed by atoms with van der Waals surface area (Å²) < 4.78 is 5.77. The summed E-state index contributed by atoms with van der Waals surface area (Å²) in [4.78, 5) is 3.81. The predicted molar refractivity (Wildman–Crippen MR) is 107 cm³/mol. The van der Waals surface area contributed by atoms with Crippen molar-refractivity contribution in [3.05, 3.63) is 58.6 Å². The van der Waals surface area contributed by atoms with E-state index in [0.29, 0.717) is 13.2 Å². The highest BCUT2D eigenvalue weighted by atomic mass is 35.5. The van der Waals surface area contributed by atoms with Crippen molar-refractivity contribution in [2.24, 2.45) is 0 Å². The molecule has 2 aromatic carbocycles. The SMILES string of the molecule is Cc1ccccc1OC[C@@H](O)C[NH+]1CCN(c2cc(Cl)ccc2C)CC1. The maximum Gasteiger partial charge on any atom is 0.137 e. The van der Waals surface area contributed by atoms with E-state index in [-0.39, 0.29) is 0 Å². The van der Waals surface area contributed by atoms with Crippen molar-refractivity contribution in [3.8, 4) is 5.75 Å². The summed E-state index contributed by atoms with van der Waals surface area (Å²) in [7, 11) is 0. The Bertz CT molecular complexity index is 730. The van der Waals surface area contributed by atoms with Crippen LogP contribution in [0.15, 0.2) is 42.5 Å². The van der Waals surface area contributed by atoms with E-state index in [0.717, 1.165) is 42.5 Å². The maximum atomic E-state index is 10.3. The van der Waals surface area contributed by atoms with E-state index >= 15 is 0 Å². The Labute approximate surface area is 160 Å². The molecule has 1 atom stereocenters. The molecule has 1 fully saturated rings. The molecule has 140 valence electrons. The number of nitrogens with zero attached hydrogens (tertiary/aromatic N) is 1. The lowest BCUT2D eigenvalue weighted by molar-refractivity contribution is -0.903.